The first-order valence-corrected chi connectivity index (χ1v) is 6.39. The number of fused-ring (bicyclic) bond motifs is 1. The van der Waals surface area contributed by atoms with Crippen LogP contribution in [0.15, 0.2) is 12.1 Å². The lowest BCUT2D eigenvalue weighted by Gasteiger charge is -2.16. The van der Waals surface area contributed by atoms with E-state index in [2.05, 4.69) is 17.2 Å². The lowest BCUT2D eigenvalue weighted by molar-refractivity contribution is 0.397. The molecule has 1 aromatic heterocycles. The molecule has 1 N–H and O–H groups in total. The van der Waals surface area contributed by atoms with Crippen LogP contribution in [-0.2, 0) is 6.42 Å². The molecule has 19 heavy (non-hydrogen) atoms. The third-order valence-corrected chi connectivity index (χ3v) is 3.39. The highest BCUT2D eigenvalue weighted by molar-refractivity contribution is 5.97. The predicted molar refractivity (Wildman–Crippen MR) is 78.5 cm³/mol. The molecule has 0 aliphatic rings. The molecule has 2 rings (SSSR count). The lowest BCUT2D eigenvalue weighted by atomic mass is 10.0. The fourth-order valence-corrected chi connectivity index (χ4v) is 2.46. The summed E-state index contributed by atoms with van der Waals surface area (Å²) in [5.41, 5.74) is 4.22. The van der Waals surface area contributed by atoms with Gasteiger partial charge in [0.15, 0.2) is 0 Å². The van der Waals surface area contributed by atoms with E-state index in [4.69, 9.17) is 9.47 Å². The Bertz CT molecular complexity index is 609. The number of aryl methyl sites for hydroxylation is 1. The van der Waals surface area contributed by atoms with Crippen LogP contribution in [0, 0.1) is 6.92 Å². The second-order valence-electron chi connectivity index (χ2n) is 4.38. The van der Waals surface area contributed by atoms with Gasteiger partial charge < -0.3 is 14.8 Å². The van der Waals surface area contributed by atoms with Crippen LogP contribution in [0.5, 0.6) is 11.5 Å². The zero-order chi connectivity index (χ0) is 14.0. The maximum absolute atomic E-state index is 5.43. The second kappa shape index (κ2) is 5.34. The highest BCUT2D eigenvalue weighted by Crippen LogP contribution is 2.36. The first kappa shape index (κ1) is 13.5. The molecule has 0 fully saturated rings. The van der Waals surface area contributed by atoms with Crippen LogP contribution in [0.2, 0.25) is 0 Å². The first-order chi connectivity index (χ1) is 9.15. The Morgan fingerprint density at radius 1 is 1.21 bits per heavy atom. The average Bonchev–Trinajstić information content (AvgIpc) is 2.44. The molecule has 0 saturated heterocycles. The topological polar surface area (TPSA) is 43.4 Å². The van der Waals surface area contributed by atoms with Gasteiger partial charge in [-0.3, -0.25) is 0 Å². The Labute approximate surface area is 113 Å². The van der Waals surface area contributed by atoms with Crippen LogP contribution >= 0.6 is 0 Å². The molecule has 2 aromatic rings. The van der Waals surface area contributed by atoms with E-state index in [1.807, 2.05) is 26.1 Å². The van der Waals surface area contributed by atoms with E-state index in [0.29, 0.717) is 0 Å². The lowest BCUT2D eigenvalue weighted by Crippen LogP contribution is -2.02. The quantitative estimate of drug-likeness (QED) is 0.917. The van der Waals surface area contributed by atoms with Gasteiger partial charge in [-0.05, 0) is 25.0 Å². The zero-order valence-corrected chi connectivity index (χ0v) is 12.1. The maximum Gasteiger partial charge on any atom is 0.148 e. The van der Waals surface area contributed by atoms with Gasteiger partial charge in [-0.15, -0.1) is 0 Å². The second-order valence-corrected chi connectivity index (χ2v) is 4.38. The molecule has 0 atom stereocenters. The van der Waals surface area contributed by atoms with Crippen molar-refractivity contribution >= 4 is 16.6 Å². The Balaban J connectivity index is 2.89. The Kier molecular flexibility index (Phi) is 3.79. The number of hydrogen-bond donors (Lipinski definition) is 1. The highest BCUT2D eigenvalue weighted by atomic mass is 16.5. The molecule has 0 aliphatic heterocycles. The minimum atomic E-state index is 0.733. The summed E-state index contributed by atoms with van der Waals surface area (Å²) < 4.78 is 10.8. The molecule has 0 aliphatic carbocycles. The highest BCUT2D eigenvalue weighted by Gasteiger charge is 2.15. The van der Waals surface area contributed by atoms with Crippen molar-refractivity contribution in [3.05, 3.63) is 23.4 Å². The van der Waals surface area contributed by atoms with Gasteiger partial charge in [0.05, 0.1) is 14.2 Å². The molecule has 0 radical (unpaired) electrons. The number of hydrogen-bond acceptors (Lipinski definition) is 4. The van der Waals surface area contributed by atoms with Crippen molar-refractivity contribution in [2.45, 2.75) is 20.3 Å². The van der Waals surface area contributed by atoms with Crippen molar-refractivity contribution in [3.63, 3.8) is 0 Å². The van der Waals surface area contributed by atoms with Crippen LogP contribution in [0.1, 0.15) is 18.2 Å². The SMILES string of the molecule is CCc1c(C)nc2c(OC)cc(OC)cc2c1NC. The van der Waals surface area contributed by atoms with Gasteiger partial charge >= 0.3 is 0 Å². The number of rotatable bonds is 4. The van der Waals surface area contributed by atoms with E-state index < -0.39 is 0 Å². The van der Waals surface area contributed by atoms with Crippen LogP contribution < -0.4 is 14.8 Å². The first-order valence-electron chi connectivity index (χ1n) is 6.39. The Morgan fingerprint density at radius 3 is 2.47 bits per heavy atom. The van der Waals surface area contributed by atoms with Gasteiger partial charge in [0.2, 0.25) is 0 Å². The number of nitrogens with one attached hydrogen (secondary N) is 1. The van der Waals surface area contributed by atoms with Crippen molar-refractivity contribution < 1.29 is 9.47 Å². The number of ether oxygens (including phenoxy) is 2. The van der Waals surface area contributed by atoms with Gasteiger partial charge in [0.25, 0.3) is 0 Å². The van der Waals surface area contributed by atoms with Gasteiger partial charge in [0.1, 0.15) is 17.0 Å². The fourth-order valence-electron chi connectivity index (χ4n) is 2.46. The number of methoxy groups -OCH3 is 2. The minimum Gasteiger partial charge on any atom is -0.497 e. The molecular weight excluding hydrogens is 240 g/mol. The summed E-state index contributed by atoms with van der Waals surface area (Å²) in [4.78, 5) is 4.68. The van der Waals surface area contributed by atoms with Crippen molar-refractivity contribution in [1.82, 2.24) is 4.98 Å². The predicted octanol–water partition coefficient (Wildman–Crippen LogP) is 3.16. The molecule has 0 saturated carbocycles. The third-order valence-electron chi connectivity index (χ3n) is 3.39. The number of nitrogens with zero attached hydrogens (tertiary/aromatic N) is 1. The zero-order valence-electron chi connectivity index (χ0n) is 12.1. The van der Waals surface area contributed by atoms with E-state index >= 15 is 0 Å². The number of benzene rings is 1. The molecule has 1 aromatic carbocycles. The van der Waals surface area contributed by atoms with E-state index in [1.165, 1.54) is 5.56 Å². The van der Waals surface area contributed by atoms with Crippen LogP contribution in [0.4, 0.5) is 5.69 Å². The van der Waals surface area contributed by atoms with E-state index in [9.17, 15) is 0 Å². The van der Waals surface area contributed by atoms with Crippen LogP contribution in [0.25, 0.3) is 10.9 Å². The van der Waals surface area contributed by atoms with Gasteiger partial charge in [-0.1, -0.05) is 6.92 Å². The molecule has 1 heterocycles. The molecule has 0 unspecified atom stereocenters. The number of anilines is 1. The van der Waals surface area contributed by atoms with E-state index in [-0.39, 0.29) is 0 Å². The molecule has 0 spiro atoms. The van der Waals surface area contributed by atoms with Crippen molar-refractivity contribution in [2.75, 3.05) is 26.6 Å². The largest absolute Gasteiger partial charge is 0.497 e. The van der Waals surface area contributed by atoms with E-state index in [0.717, 1.165) is 40.2 Å². The molecule has 4 heteroatoms. The van der Waals surface area contributed by atoms with Crippen LogP contribution in [0.3, 0.4) is 0 Å². The Hall–Kier alpha value is -1.97. The smallest absolute Gasteiger partial charge is 0.148 e. The van der Waals surface area contributed by atoms with Gasteiger partial charge in [-0.2, -0.15) is 0 Å². The van der Waals surface area contributed by atoms with Gasteiger partial charge in [0, 0.05) is 29.9 Å². The Morgan fingerprint density at radius 2 is 1.95 bits per heavy atom. The summed E-state index contributed by atoms with van der Waals surface area (Å²) >= 11 is 0. The summed E-state index contributed by atoms with van der Waals surface area (Å²) in [5, 5.41) is 4.31. The maximum atomic E-state index is 5.43. The van der Waals surface area contributed by atoms with E-state index in [1.54, 1.807) is 14.2 Å². The molecular formula is C15H20N2O2. The van der Waals surface area contributed by atoms with Crippen molar-refractivity contribution in [1.29, 1.82) is 0 Å². The normalized spacial score (nSPS) is 10.6. The van der Waals surface area contributed by atoms with Gasteiger partial charge in [-0.25, -0.2) is 4.98 Å². The molecule has 0 amide bonds. The molecule has 4 nitrogen and oxygen atoms in total. The summed E-state index contributed by atoms with van der Waals surface area (Å²) in [7, 11) is 5.24. The molecule has 0 bridgehead atoms. The standard InChI is InChI=1S/C15H20N2O2/c1-6-11-9(2)17-15-12(14(11)16-3)7-10(18-4)8-13(15)19-5/h7-8H,6H2,1-5H3,(H,16,17). The van der Waals surface area contributed by atoms with Crippen molar-refractivity contribution in [3.8, 4) is 11.5 Å². The minimum absolute atomic E-state index is 0.733. The summed E-state index contributed by atoms with van der Waals surface area (Å²) in [6.45, 7) is 4.16. The fraction of sp³-hybridized carbons (Fsp3) is 0.400. The monoisotopic (exact) mass is 260 g/mol. The summed E-state index contributed by atoms with van der Waals surface area (Å²) in [6, 6.07) is 3.86. The third kappa shape index (κ3) is 2.18. The number of pyridine rings is 1. The summed E-state index contributed by atoms with van der Waals surface area (Å²) in [5.74, 6) is 1.50. The van der Waals surface area contributed by atoms with Crippen LogP contribution in [-0.4, -0.2) is 26.3 Å². The number of aromatic nitrogens is 1. The molecule has 102 valence electrons. The average molecular weight is 260 g/mol. The summed E-state index contributed by atoms with van der Waals surface area (Å²) in [6.07, 6.45) is 0.935. The van der Waals surface area contributed by atoms with Crippen molar-refractivity contribution in [2.24, 2.45) is 0 Å².